The van der Waals surface area contributed by atoms with Crippen LogP contribution in [0.5, 0.6) is 0 Å². The molecule has 218 valence electrons. The van der Waals surface area contributed by atoms with E-state index in [0.29, 0.717) is 12.8 Å². The van der Waals surface area contributed by atoms with E-state index < -0.39 is 5.97 Å². The van der Waals surface area contributed by atoms with Crippen molar-refractivity contribution in [3.8, 4) is 0 Å². The summed E-state index contributed by atoms with van der Waals surface area (Å²) in [5.74, 6) is -0.791. The molecule has 0 bridgehead atoms. The number of hydrogen-bond donors (Lipinski definition) is 3. The van der Waals surface area contributed by atoms with Crippen molar-refractivity contribution in [1.82, 2.24) is 5.32 Å². The molecule has 0 aliphatic heterocycles. The number of amides is 2. The first kappa shape index (κ1) is 35.4. The van der Waals surface area contributed by atoms with Crippen LogP contribution >= 0.6 is 0 Å². The van der Waals surface area contributed by atoms with Gasteiger partial charge in [0.15, 0.2) is 0 Å². The summed E-state index contributed by atoms with van der Waals surface area (Å²) in [5.41, 5.74) is 5.37. The monoisotopic (exact) mass is 524 g/mol. The van der Waals surface area contributed by atoms with E-state index in [9.17, 15) is 14.4 Å². The van der Waals surface area contributed by atoms with Crippen LogP contribution in [0.25, 0.3) is 0 Å². The summed E-state index contributed by atoms with van der Waals surface area (Å²) in [5, 5.41) is 11.5. The van der Waals surface area contributed by atoms with Gasteiger partial charge in [0, 0.05) is 24.8 Å². The summed E-state index contributed by atoms with van der Waals surface area (Å²) >= 11 is 0. The van der Waals surface area contributed by atoms with Gasteiger partial charge in [0.1, 0.15) is 0 Å². The van der Waals surface area contributed by atoms with Crippen LogP contribution in [-0.4, -0.2) is 28.9 Å². The van der Waals surface area contributed by atoms with Gasteiger partial charge in [0.25, 0.3) is 0 Å². The van der Waals surface area contributed by atoms with Crippen molar-refractivity contribution in [3.05, 3.63) is 0 Å². The van der Waals surface area contributed by atoms with Gasteiger partial charge in [-0.25, -0.2) is 0 Å². The number of nitrogens with two attached hydrogens (primary N) is 1. The van der Waals surface area contributed by atoms with Gasteiger partial charge in [-0.05, 0) is 32.1 Å². The summed E-state index contributed by atoms with van der Waals surface area (Å²) in [4.78, 5) is 33.4. The maximum atomic E-state index is 12.0. The smallest absolute Gasteiger partial charge is 0.303 e. The number of hydrogen-bond acceptors (Lipinski definition) is 3. The van der Waals surface area contributed by atoms with E-state index >= 15 is 0 Å². The molecule has 2 amide bonds. The molecule has 1 aliphatic rings. The first-order valence-corrected chi connectivity index (χ1v) is 15.7. The van der Waals surface area contributed by atoms with Crippen molar-refractivity contribution >= 4 is 17.8 Å². The third-order valence-corrected chi connectivity index (χ3v) is 7.44. The molecule has 1 saturated carbocycles. The summed E-state index contributed by atoms with van der Waals surface area (Å²) in [6.45, 7) is 4.47. The fourth-order valence-electron chi connectivity index (χ4n) is 5.06. The minimum absolute atomic E-state index is 0.0539. The van der Waals surface area contributed by atoms with Crippen molar-refractivity contribution in [3.63, 3.8) is 0 Å². The molecule has 0 spiro atoms. The van der Waals surface area contributed by atoms with E-state index in [0.717, 1.165) is 51.4 Å². The van der Waals surface area contributed by atoms with Crippen LogP contribution in [0, 0.1) is 5.92 Å². The Bertz CT molecular complexity index is 567. The summed E-state index contributed by atoms with van der Waals surface area (Å²) in [7, 11) is 0. The quantitative estimate of drug-likeness (QED) is 0.124. The molecule has 37 heavy (non-hydrogen) atoms. The Hall–Kier alpha value is -1.59. The van der Waals surface area contributed by atoms with Crippen LogP contribution in [0.4, 0.5) is 0 Å². The summed E-state index contributed by atoms with van der Waals surface area (Å²) < 4.78 is 0. The molecule has 2 atom stereocenters. The molecule has 1 aliphatic carbocycles. The molecule has 6 heteroatoms. The largest absolute Gasteiger partial charge is 0.481 e. The lowest BCUT2D eigenvalue weighted by atomic mass is 9.85. The molecule has 0 aromatic carbocycles. The van der Waals surface area contributed by atoms with Crippen LogP contribution in [0.3, 0.4) is 0 Å². The number of primary amides is 1. The molecule has 1 fully saturated rings. The fourth-order valence-corrected chi connectivity index (χ4v) is 5.06. The van der Waals surface area contributed by atoms with Crippen molar-refractivity contribution in [2.24, 2.45) is 11.7 Å². The molecule has 0 saturated heterocycles. The normalized spacial score (nSPS) is 17.0. The van der Waals surface area contributed by atoms with Gasteiger partial charge in [-0.2, -0.15) is 0 Å². The second-order valence-electron chi connectivity index (χ2n) is 11.1. The molecular formula is C31H60N2O4. The molecule has 0 heterocycles. The second-order valence-corrected chi connectivity index (χ2v) is 11.1. The van der Waals surface area contributed by atoms with Crippen LogP contribution in [0.1, 0.15) is 168 Å². The van der Waals surface area contributed by atoms with Gasteiger partial charge < -0.3 is 16.2 Å². The van der Waals surface area contributed by atoms with E-state index in [1.54, 1.807) is 0 Å². The fraction of sp³-hybridized carbons (Fsp3) is 0.903. The van der Waals surface area contributed by atoms with E-state index in [-0.39, 0.29) is 23.8 Å². The Balaban J connectivity index is 0.000000795. The molecular weight excluding hydrogens is 464 g/mol. The SMILES string of the molecule is CCCCCCCCCCCC(=O)NC1CCCC(C(N)=O)C1.CCCCCCCCCCCC(=O)O. The Morgan fingerprint density at radius 2 is 1.11 bits per heavy atom. The van der Waals surface area contributed by atoms with Crippen LogP contribution < -0.4 is 11.1 Å². The third kappa shape index (κ3) is 24.5. The summed E-state index contributed by atoms with van der Waals surface area (Å²) in [6, 6.07) is 0.146. The lowest BCUT2D eigenvalue weighted by Crippen LogP contribution is -2.41. The highest BCUT2D eigenvalue weighted by Gasteiger charge is 2.26. The second kappa shape index (κ2) is 26.0. The van der Waals surface area contributed by atoms with Crippen molar-refractivity contribution in [2.75, 3.05) is 0 Å². The van der Waals surface area contributed by atoms with E-state index in [1.807, 2.05) is 0 Å². The number of carbonyl (C=O) groups excluding carboxylic acids is 2. The highest BCUT2D eigenvalue weighted by Crippen LogP contribution is 2.24. The summed E-state index contributed by atoms with van der Waals surface area (Å²) in [6.07, 6.45) is 27.0. The molecule has 0 radical (unpaired) electrons. The van der Waals surface area contributed by atoms with Crippen molar-refractivity contribution in [1.29, 1.82) is 0 Å². The Morgan fingerprint density at radius 3 is 1.54 bits per heavy atom. The van der Waals surface area contributed by atoms with E-state index in [2.05, 4.69) is 19.2 Å². The first-order chi connectivity index (χ1) is 17.9. The van der Waals surface area contributed by atoms with Gasteiger partial charge >= 0.3 is 5.97 Å². The Labute approximate surface area is 228 Å². The molecule has 2 unspecified atom stereocenters. The molecule has 1 rings (SSSR count). The lowest BCUT2D eigenvalue weighted by molar-refractivity contribution is -0.137. The number of carboxylic acids is 1. The van der Waals surface area contributed by atoms with Gasteiger partial charge in [0.05, 0.1) is 0 Å². The van der Waals surface area contributed by atoms with Gasteiger partial charge in [-0.15, -0.1) is 0 Å². The van der Waals surface area contributed by atoms with Crippen LogP contribution in [0.15, 0.2) is 0 Å². The van der Waals surface area contributed by atoms with Crippen molar-refractivity contribution in [2.45, 2.75) is 174 Å². The maximum Gasteiger partial charge on any atom is 0.303 e. The number of rotatable bonds is 22. The first-order valence-electron chi connectivity index (χ1n) is 15.7. The minimum atomic E-state index is -0.659. The molecule has 0 aromatic rings. The lowest BCUT2D eigenvalue weighted by Gasteiger charge is -2.27. The number of carbonyl (C=O) groups is 3. The van der Waals surface area contributed by atoms with Crippen LogP contribution in [0.2, 0.25) is 0 Å². The molecule has 4 N–H and O–H groups in total. The minimum Gasteiger partial charge on any atom is -0.481 e. The highest BCUT2D eigenvalue weighted by molar-refractivity contribution is 5.78. The van der Waals surface area contributed by atoms with E-state index in [4.69, 9.17) is 10.8 Å². The Kier molecular flexibility index (Phi) is 24.9. The van der Waals surface area contributed by atoms with Gasteiger partial charge in [-0.1, -0.05) is 123 Å². The zero-order valence-corrected chi connectivity index (χ0v) is 24.4. The van der Waals surface area contributed by atoms with Gasteiger partial charge in [0.2, 0.25) is 11.8 Å². The predicted molar refractivity (Wildman–Crippen MR) is 154 cm³/mol. The topological polar surface area (TPSA) is 109 Å². The van der Waals surface area contributed by atoms with Crippen LogP contribution in [-0.2, 0) is 14.4 Å². The molecule has 0 aromatic heterocycles. The maximum absolute atomic E-state index is 12.0. The number of aliphatic carboxylic acids is 1. The highest BCUT2D eigenvalue weighted by atomic mass is 16.4. The molecule has 6 nitrogen and oxygen atoms in total. The predicted octanol–water partition coefficient (Wildman–Crippen LogP) is 8.06. The average Bonchev–Trinajstić information content (AvgIpc) is 2.87. The number of unbranched alkanes of at least 4 members (excludes halogenated alkanes) is 16. The number of nitrogens with one attached hydrogen (secondary N) is 1. The van der Waals surface area contributed by atoms with Gasteiger partial charge in [-0.3, -0.25) is 14.4 Å². The third-order valence-electron chi connectivity index (χ3n) is 7.44. The van der Waals surface area contributed by atoms with E-state index in [1.165, 1.54) is 89.9 Å². The van der Waals surface area contributed by atoms with Crippen molar-refractivity contribution < 1.29 is 19.5 Å². The Morgan fingerprint density at radius 1 is 0.676 bits per heavy atom. The standard InChI is InChI=1S/C19H36N2O2.C12H24O2/c1-2-3-4-5-6-7-8-9-10-14-18(22)21-17-13-11-12-16(15-17)19(20)23;1-2-3-4-5-6-7-8-9-10-11-12(13)14/h16-17H,2-15H2,1H3,(H2,20,23)(H,21,22);2-11H2,1H3,(H,13,14). The zero-order valence-electron chi connectivity index (χ0n) is 24.4. The average molecular weight is 525 g/mol. The zero-order chi connectivity index (χ0) is 27.6. The number of carboxylic acid groups (broad SMARTS) is 1.